The maximum absolute atomic E-state index is 12.0. The highest BCUT2D eigenvalue weighted by Gasteiger charge is 2.04. The minimum atomic E-state index is 0.0752. The van der Waals surface area contributed by atoms with Crippen molar-refractivity contribution in [3.63, 3.8) is 0 Å². The molecule has 142 valence electrons. The Kier molecular flexibility index (Phi) is 6.73. The van der Waals surface area contributed by atoms with Crippen molar-refractivity contribution in [3.05, 3.63) is 54.1 Å². The fourth-order valence-electron chi connectivity index (χ4n) is 2.73. The van der Waals surface area contributed by atoms with Crippen molar-refractivity contribution >= 4 is 11.7 Å². The summed E-state index contributed by atoms with van der Waals surface area (Å²) in [5, 5.41) is 7.05. The number of aromatic nitrogens is 4. The van der Waals surface area contributed by atoms with Gasteiger partial charge in [0.25, 0.3) is 5.78 Å². The Morgan fingerprint density at radius 3 is 2.81 bits per heavy atom. The van der Waals surface area contributed by atoms with Crippen molar-refractivity contribution in [2.45, 2.75) is 39.0 Å². The van der Waals surface area contributed by atoms with Crippen LogP contribution in [0.2, 0.25) is 0 Å². The highest BCUT2D eigenvalue weighted by atomic mass is 16.5. The molecule has 0 bridgehead atoms. The predicted molar refractivity (Wildman–Crippen MR) is 103 cm³/mol. The van der Waals surface area contributed by atoms with E-state index in [9.17, 15) is 4.79 Å². The monoisotopic (exact) mass is 367 g/mol. The molecular formula is C20H25N5O2. The number of aryl methyl sites for hydroxylation is 2. The minimum absolute atomic E-state index is 0.0752. The molecule has 7 heteroatoms. The Hall–Kier alpha value is -2.96. The summed E-state index contributed by atoms with van der Waals surface area (Å²) >= 11 is 0. The molecule has 0 aliphatic heterocycles. The van der Waals surface area contributed by atoms with Crippen LogP contribution in [0.1, 0.15) is 37.3 Å². The van der Waals surface area contributed by atoms with Gasteiger partial charge in [-0.1, -0.05) is 19.1 Å². The zero-order valence-electron chi connectivity index (χ0n) is 15.6. The molecule has 27 heavy (non-hydrogen) atoms. The summed E-state index contributed by atoms with van der Waals surface area (Å²) in [4.78, 5) is 20.3. The smallest absolute Gasteiger partial charge is 0.252 e. The molecule has 1 amide bonds. The number of ether oxygens (including phenoxy) is 1. The van der Waals surface area contributed by atoms with Gasteiger partial charge in [-0.2, -0.15) is 10.1 Å². The van der Waals surface area contributed by atoms with Gasteiger partial charge in [0.05, 0.1) is 6.61 Å². The molecule has 0 unspecified atom stereocenters. The molecule has 0 radical (unpaired) electrons. The zero-order chi connectivity index (χ0) is 18.9. The van der Waals surface area contributed by atoms with Crippen molar-refractivity contribution in [2.24, 2.45) is 0 Å². The van der Waals surface area contributed by atoms with Gasteiger partial charge in [0, 0.05) is 25.4 Å². The Balaban J connectivity index is 1.33. The van der Waals surface area contributed by atoms with Gasteiger partial charge in [0.2, 0.25) is 5.91 Å². The van der Waals surface area contributed by atoms with Crippen molar-refractivity contribution in [1.82, 2.24) is 24.9 Å². The van der Waals surface area contributed by atoms with Crippen LogP contribution in [0.25, 0.3) is 5.78 Å². The molecule has 1 N–H and O–H groups in total. The zero-order valence-corrected chi connectivity index (χ0v) is 15.6. The third-order valence-electron chi connectivity index (χ3n) is 4.19. The van der Waals surface area contributed by atoms with Gasteiger partial charge < -0.3 is 10.1 Å². The first-order chi connectivity index (χ1) is 13.2. The van der Waals surface area contributed by atoms with Crippen LogP contribution in [0, 0.1) is 0 Å². The lowest BCUT2D eigenvalue weighted by Crippen LogP contribution is -2.25. The van der Waals surface area contributed by atoms with E-state index < -0.39 is 0 Å². The highest BCUT2D eigenvalue weighted by Crippen LogP contribution is 2.13. The van der Waals surface area contributed by atoms with Gasteiger partial charge in [0.15, 0.2) is 0 Å². The Bertz CT molecular complexity index is 860. The minimum Gasteiger partial charge on any atom is -0.494 e. The maximum Gasteiger partial charge on any atom is 0.252 e. The second kappa shape index (κ2) is 9.66. The molecule has 7 nitrogen and oxygen atoms in total. The predicted octanol–water partition coefficient (Wildman–Crippen LogP) is 2.59. The number of carbonyl (C=O) groups is 1. The average Bonchev–Trinajstić information content (AvgIpc) is 3.17. The molecule has 0 saturated carbocycles. The second-order valence-corrected chi connectivity index (χ2v) is 6.41. The van der Waals surface area contributed by atoms with Crippen molar-refractivity contribution in [1.29, 1.82) is 0 Å². The number of fused-ring (bicyclic) bond motifs is 1. The number of benzene rings is 1. The summed E-state index contributed by atoms with van der Waals surface area (Å²) in [7, 11) is 0. The lowest BCUT2D eigenvalue weighted by molar-refractivity contribution is -0.121. The third-order valence-corrected chi connectivity index (χ3v) is 4.19. The molecule has 0 spiro atoms. The van der Waals surface area contributed by atoms with Gasteiger partial charge in [0.1, 0.15) is 12.1 Å². The molecule has 0 saturated heterocycles. The average molecular weight is 367 g/mol. The SMILES string of the molecule is CCCOc1ccc(CCC(=O)NCCCc2cnc3ncnn3c2)cc1. The van der Waals surface area contributed by atoms with Crippen molar-refractivity contribution in [3.8, 4) is 5.75 Å². The fourth-order valence-corrected chi connectivity index (χ4v) is 2.73. The summed E-state index contributed by atoms with van der Waals surface area (Å²) < 4.78 is 7.22. The van der Waals surface area contributed by atoms with E-state index in [-0.39, 0.29) is 5.91 Å². The molecule has 0 aliphatic rings. The van der Waals surface area contributed by atoms with Gasteiger partial charge >= 0.3 is 0 Å². The third kappa shape index (κ3) is 5.77. The standard InChI is InChI=1S/C20H25N5O2/c1-2-12-27-18-8-5-16(6-9-18)7-10-19(26)21-11-3-4-17-13-22-20-23-15-24-25(20)14-17/h5-6,8-9,13-15H,2-4,7,10-12H2,1H3,(H,21,26). The number of hydrogen-bond acceptors (Lipinski definition) is 5. The van der Waals surface area contributed by atoms with E-state index in [0.717, 1.165) is 49.2 Å². The van der Waals surface area contributed by atoms with E-state index in [1.165, 1.54) is 6.33 Å². The molecule has 2 aromatic heterocycles. The summed E-state index contributed by atoms with van der Waals surface area (Å²) in [6, 6.07) is 7.96. The lowest BCUT2D eigenvalue weighted by Gasteiger charge is -2.07. The van der Waals surface area contributed by atoms with E-state index >= 15 is 0 Å². The van der Waals surface area contributed by atoms with E-state index in [2.05, 4.69) is 27.3 Å². The van der Waals surface area contributed by atoms with E-state index in [1.54, 1.807) is 10.7 Å². The number of nitrogens with zero attached hydrogens (tertiary/aromatic N) is 4. The lowest BCUT2D eigenvalue weighted by atomic mass is 10.1. The molecule has 0 fully saturated rings. The first kappa shape index (κ1) is 18.8. The van der Waals surface area contributed by atoms with Gasteiger partial charge in [-0.15, -0.1) is 0 Å². The Morgan fingerprint density at radius 2 is 2.00 bits per heavy atom. The summed E-state index contributed by atoms with van der Waals surface area (Å²) in [5.41, 5.74) is 2.22. The van der Waals surface area contributed by atoms with E-state index in [4.69, 9.17) is 4.74 Å². The Morgan fingerprint density at radius 1 is 1.15 bits per heavy atom. The molecule has 0 aliphatic carbocycles. The van der Waals surface area contributed by atoms with Gasteiger partial charge in [-0.3, -0.25) is 4.79 Å². The largest absolute Gasteiger partial charge is 0.494 e. The molecule has 1 aromatic carbocycles. The molecule has 2 heterocycles. The van der Waals surface area contributed by atoms with Crippen LogP contribution in [0.15, 0.2) is 43.0 Å². The number of rotatable bonds is 10. The van der Waals surface area contributed by atoms with Crippen LogP contribution in [0.3, 0.4) is 0 Å². The Labute approximate surface area is 158 Å². The number of amides is 1. The van der Waals surface area contributed by atoms with Crippen LogP contribution in [-0.4, -0.2) is 38.6 Å². The quantitative estimate of drug-likeness (QED) is 0.557. The number of hydrogen-bond donors (Lipinski definition) is 1. The summed E-state index contributed by atoms with van der Waals surface area (Å²) in [6.45, 7) is 3.46. The molecule has 3 rings (SSSR count). The summed E-state index contributed by atoms with van der Waals surface area (Å²) in [6.07, 6.45) is 9.12. The molecule has 3 aromatic rings. The van der Waals surface area contributed by atoms with Crippen LogP contribution in [0.4, 0.5) is 0 Å². The van der Waals surface area contributed by atoms with Crippen molar-refractivity contribution < 1.29 is 9.53 Å². The molecule has 0 atom stereocenters. The van der Waals surface area contributed by atoms with Crippen LogP contribution in [0.5, 0.6) is 5.75 Å². The van der Waals surface area contributed by atoms with Gasteiger partial charge in [-0.05, 0) is 48.9 Å². The fraction of sp³-hybridized carbons (Fsp3) is 0.400. The summed E-state index contributed by atoms with van der Waals surface area (Å²) in [5.74, 6) is 1.55. The number of nitrogens with one attached hydrogen (secondary N) is 1. The van der Waals surface area contributed by atoms with E-state index in [0.29, 0.717) is 18.7 Å². The topological polar surface area (TPSA) is 81.4 Å². The van der Waals surface area contributed by atoms with Crippen LogP contribution in [-0.2, 0) is 17.6 Å². The van der Waals surface area contributed by atoms with Crippen LogP contribution >= 0.6 is 0 Å². The number of carbonyl (C=O) groups excluding carboxylic acids is 1. The first-order valence-electron chi connectivity index (χ1n) is 9.37. The van der Waals surface area contributed by atoms with Crippen molar-refractivity contribution in [2.75, 3.05) is 13.2 Å². The van der Waals surface area contributed by atoms with E-state index in [1.807, 2.05) is 30.5 Å². The van der Waals surface area contributed by atoms with Gasteiger partial charge in [-0.25, -0.2) is 9.50 Å². The maximum atomic E-state index is 12.0. The highest BCUT2D eigenvalue weighted by molar-refractivity contribution is 5.76. The molecular weight excluding hydrogens is 342 g/mol. The second-order valence-electron chi connectivity index (χ2n) is 6.41. The van der Waals surface area contributed by atoms with Crippen LogP contribution < -0.4 is 10.1 Å². The normalized spacial score (nSPS) is 10.9. The first-order valence-corrected chi connectivity index (χ1v) is 9.37.